The molecule has 3 amide bonds. The summed E-state index contributed by atoms with van der Waals surface area (Å²) in [6, 6.07) is 8.86. The molecule has 0 aromatic heterocycles. The number of amides is 3. The number of ether oxygens (including phenoxy) is 2. The van der Waals surface area contributed by atoms with E-state index < -0.39 is 5.91 Å². The molecule has 0 aliphatic heterocycles. The van der Waals surface area contributed by atoms with Gasteiger partial charge in [-0.1, -0.05) is 58.3 Å². The number of nitrogens with zero attached hydrogens (tertiary/aromatic N) is 2. The second-order valence-electron chi connectivity index (χ2n) is 8.15. The molecule has 0 radical (unpaired) electrons. The topological polar surface area (TPSA) is 121 Å². The van der Waals surface area contributed by atoms with Gasteiger partial charge in [0.05, 0.1) is 43.3 Å². The average Bonchev–Trinajstić information content (AvgIpc) is 2.83. The van der Waals surface area contributed by atoms with E-state index in [9.17, 15) is 14.4 Å². The largest absolute Gasteiger partial charge is 0.377 e. The van der Waals surface area contributed by atoms with Gasteiger partial charge in [-0.3, -0.25) is 14.4 Å². The van der Waals surface area contributed by atoms with Crippen molar-refractivity contribution in [3.63, 3.8) is 0 Å². The number of hydrogen-bond donors (Lipinski definition) is 2. The van der Waals surface area contributed by atoms with Crippen LogP contribution in [0, 0.1) is 11.3 Å². The van der Waals surface area contributed by atoms with E-state index in [1.54, 1.807) is 50.8 Å². The molecule has 9 nitrogen and oxygen atoms in total. The Morgan fingerprint density at radius 2 is 1.74 bits per heavy atom. The summed E-state index contributed by atoms with van der Waals surface area (Å²) >= 11 is 3.05. The van der Waals surface area contributed by atoms with Gasteiger partial charge in [0.25, 0.3) is 0 Å². The lowest BCUT2D eigenvalue weighted by Gasteiger charge is -2.24. The van der Waals surface area contributed by atoms with Crippen LogP contribution in [0.15, 0.2) is 24.3 Å². The minimum atomic E-state index is -0.402. The molecule has 12 heteroatoms. The van der Waals surface area contributed by atoms with E-state index in [1.807, 2.05) is 0 Å². The van der Waals surface area contributed by atoms with Gasteiger partial charge < -0.3 is 25.0 Å². The van der Waals surface area contributed by atoms with E-state index in [2.05, 4.69) is 53.4 Å². The fourth-order valence-electron chi connectivity index (χ4n) is 2.48. The van der Waals surface area contributed by atoms with Crippen molar-refractivity contribution in [3.8, 4) is 6.07 Å². The number of nitriles is 1. The van der Waals surface area contributed by atoms with Gasteiger partial charge in [0, 0.05) is 29.3 Å². The molecular weight excluding hydrogens is 556 g/mol. The monoisotopic (exact) mass is 588 g/mol. The maximum atomic E-state index is 12.9. The zero-order valence-electron chi connectivity index (χ0n) is 20.3. The number of carbonyl (C=O) groups excluding carboxylic acids is 3. The summed E-state index contributed by atoms with van der Waals surface area (Å²) in [7, 11) is 3.43. The van der Waals surface area contributed by atoms with Gasteiger partial charge in [0.1, 0.15) is 6.61 Å². The van der Waals surface area contributed by atoms with E-state index in [1.165, 1.54) is 0 Å². The zero-order valence-corrected chi connectivity index (χ0v) is 23.5. The molecule has 194 valence electrons. The first-order valence-electron chi connectivity index (χ1n) is 11.0. The standard InChI is InChI=1S/C23H33BrN4O5S2/c1-23(2,3)35-34-13-9-28(19-6-4-18(15-25)5-7-19)22(31)16-27-21(30)17-33-12-11-32-10-8-26-20(29)14-24/h4-7H,8-14,16-17H2,1-3H3,(H,26,29)(H,27,30). The third-order valence-electron chi connectivity index (χ3n) is 4.05. The fraction of sp³-hybridized carbons (Fsp3) is 0.565. The van der Waals surface area contributed by atoms with E-state index in [0.717, 1.165) is 0 Å². The first-order valence-corrected chi connectivity index (χ1v) is 14.5. The van der Waals surface area contributed by atoms with Crippen molar-refractivity contribution < 1.29 is 23.9 Å². The minimum absolute atomic E-state index is 0.107. The third-order valence-corrected chi connectivity index (χ3v) is 7.88. The number of anilines is 1. The first-order chi connectivity index (χ1) is 16.7. The average molecular weight is 590 g/mol. The molecule has 0 aliphatic carbocycles. The molecule has 1 rings (SSSR count). The predicted octanol–water partition coefficient (Wildman–Crippen LogP) is 2.73. The van der Waals surface area contributed by atoms with Crippen molar-refractivity contribution in [2.24, 2.45) is 0 Å². The van der Waals surface area contributed by atoms with Crippen molar-refractivity contribution in [3.05, 3.63) is 29.8 Å². The third kappa shape index (κ3) is 15.0. The molecule has 0 aliphatic rings. The van der Waals surface area contributed by atoms with Crippen LogP contribution in [0.1, 0.15) is 26.3 Å². The maximum absolute atomic E-state index is 12.9. The molecule has 1 aromatic carbocycles. The highest BCUT2D eigenvalue weighted by Gasteiger charge is 2.18. The Morgan fingerprint density at radius 1 is 1.06 bits per heavy atom. The van der Waals surface area contributed by atoms with Crippen LogP contribution in [0.5, 0.6) is 0 Å². The number of carbonyl (C=O) groups is 3. The summed E-state index contributed by atoms with van der Waals surface area (Å²) in [5.41, 5.74) is 1.18. The van der Waals surface area contributed by atoms with Crippen LogP contribution in [0.4, 0.5) is 5.69 Å². The summed E-state index contributed by atoms with van der Waals surface area (Å²) in [4.78, 5) is 37.6. The smallest absolute Gasteiger partial charge is 0.246 e. The van der Waals surface area contributed by atoms with Crippen molar-refractivity contribution in [1.29, 1.82) is 5.26 Å². The van der Waals surface area contributed by atoms with Crippen LogP contribution < -0.4 is 15.5 Å². The molecule has 0 saturated heterocycles. The minimum Gasteiger partial charge on any atom is -0.377 e. The van der Waals surface area contributed by atoms with E-state index >= 15 is 0 Å². The number of nitrogens with one attached hydrogen (secondary N) is 2. The molecule has 0 atom stereocenters. The summed E-state index contributed by atoms with van der Waals surface area (Å²) in [6.07, 6.45) is 0. The number of rotatable bonds is 16. The molecule has 0 bridgehead atoms. The number of hydrogen-bond acceptors (Lipinski definition) is 8. The molecule has 35 heavy (non-hydrogen) atoms. The van der Waals surface area contributed by atoms with Gasteiger partial charge in [-0.25, -0.2) is 0 Å². The molecule has 0 unspecified atom stereocenters. The lowest BCUT2D eigenvalue weighted by molar-refractivity contribution is -0.128. The molecule has 0 heterocycles. The Labute approximate surface area is 223 Å². The van der Waals surface area contributed by atoms with Crippen molar-refractivity contribution in [1.82, 2.24) is 10.6 Å². The number of alkyl halides is 1. The Balaban J connectivity index is 2.42. The first kappa shape index (κ1) is 31.3. The molecule has 0 spiro atoms. The highest BCUT2D eigenvalue weighted by atomic mass is 79.9. The predicted molar refractivity (Wildman–Crippen MR) is 145 cm³/mol. The molecule has 0 fully saturated rings. The van der Waals surface area contributed by atoms with Gasteiger partial charge in [0.2, 0.25) is 17.7 Å². The lowest BCUT2D eigenvalue weighted by atomic mass is 10.2. The van der Waals surface area contributed by atoms with Crippen molar-refractivity contribution in [2.75, 3.05) is 62.0 Å². The summed E-state index contributed by atoms with van der Waals surface area (Å²) in [6.45, 7) is 7.75. The fourth-order valence-corrected chi connectivity index (χ4v) is 4.90. The van der Waals surface area contributed by atoms with E-state index in [4.69, 9.17) is 14.7 Å². The molecule has 1 aromatic rings. The van der Waals surface area contributed by atoms with Gasteiger partial charge in [-0.15, -0.1) is 0 Å². The Bertz CT molecular complexity index is 844. The second kappa shape index (κ2) is 17.6. The van der Waals surface area contributed by atoms with E-state index in [-0.39, 0.29) is 48.3 Å². The van der Waals surface area contributed by atoms with Crippen LogP contribution in [0.2, 0.25) is 0 Å². The van der Waals surface area contributed by atoms with Crippen molar-refractivity contribution in [2.45, 2.75) is 25.5 Å². The van der Waals surface area contributed by atoms with Gasteiger partial charge in [-0.05, 0) is 24.3 Å². The number of halogens is 1. The Hall–Kier alpha value is -1.78. The zero-order chi connectivity index (χ0) is 26.1. The SMILES string of the molecule is CC(C)(C)SSCCN(C(=O)CNC(=O)COCCOCCNC(=O)CBr)c1ccc(C#N)cc1. The molecule has 2 N–H and O–H groups in total. The van der Waals surface area contributed by atoms with E-state index in [0.29, 0.717) is 36.7 Å². The van der Waals surface area contributed by atoms with Gasteiger partial charge >= 0.3 is 0 Å². The quantitative estimate of drug-likeness (QED) is 0.172. The molecule has 0 saturated carbocycles. The lowest BCUT2D eigenvalue weighted by Crippen LogP contribution is -2.42. The van der Waals surface area contributed by atoms with Crippen LogP contribution in [-0.2, 0) is 23.9 Å². The van der Waals surface area contributed by atoms with Crippen LogP contribution >= 0.6 is 37.5 Å². The number of benzene rings is 1. The Kier molecular flexibility index (Phi) is 15.7. The Morgan fingerprint density at radius 3 is 2.37 bits per heavy atom. The normalized spacial score (nSPS) is 10.9. The summed E-state index contributed by atoms with van der Waals surface area (Å²) in [5, 5.41) is 14.5. The molecular formula is C23H33BrN4O5S2. The highest BCUT2D eigenvalue weighted by Crippen LogP contribution is 2.35. The van der Waals surface area contributed by atoms with Gasteiger partial charge in [0.15, 0.2) is 0 Å². The van der Waals surface area contributed by atoms with Gasteiger partial charge in [-0.2, -0.15) is 5.26 Å². The van der Waals surface area contributed by atoms with Crippen LogP contribution in [0.3, 0.4) is 0 Å². The second-order valence-corrected chi connectivity index (χ2v) is 12.0. The van der Waals surface area contributed by atoms with Crippen LogP contribution in [-0.4, -0.2) is 79.6 Å². The maximum Gasteiger partial charge on any atom is 0.246 e. The summed E-state index contributed by atoms with van der Waals surface area (Å²) in [5.74, 6) is -0.0557. The highest BCUT2D eigenvalue weighted by molar-refractivity contribution is 9.09. The van der Waals surface area contributed by atoms with Crippen LogP contribution in [0.25, 0.3) is 0 Å². The van der Waals surface area contributed by atoms with Crippen molar-refractivity contribution >= 4 is 60.9 Å². The summed E-state index contributed by atoms with van der Waals surface area (Å²) < 4.78 is 10.7.